The Balaban J connectivity index is 1.36. The van der Waals surface area contributed by atoms with Crippen molar-refractivity contribution in [3.05, 3.63) is 69.4 Å². The Hall–Kier alpha value is -2.29. The fourth-order valence-corrected chi connectivity index (χ4v) is 4.66. The predicted molar refractivity (Wildman–Crippen MR) is 144 cm³/mol. The number of amides is 1. The highest BCUT2D eigenvalue weighted by Crippen LogP contribution is 2.32. The van der Waals surface area contributed by atoms with E-state index in [9.17, 15) is 4.79 Å². The Bertz CT molecular complexity index is 1210. The molecule has 0 aliphatic carbocycles. The van der Waals surface area contributed by atoms with E-state index in [0.717, 1.165) is 38.4 Å². The molecule has 1 aromatic heterocycles. The van der Waals surface area contributed by atoms with E-state index in [0.29, 0.717) is 32.1 Å². The number of nitrogens with zero attached hydrogens (tertiary/aromatic N) is 2. The number of benzene rings is 2. The first-order valence-electron chi connectivity index (χ1n) is 10.8. The Morgan fingerprint density at radius 2 is 1.76 bits per heavy atom. The normalized spacial score (nSPS) is 14.2. The first-order valence-corrected chi connectivity index (χ1v) is 12.3. The molecule has 0 atom stereocenters. The van der Waals surface area contributed by atoms with Crippen LogP contribution in [0.15, 0.2) is 52.9 Å². The van der Waals surface area contributed by atoms with Gasteiger partial charge in [0.2, 0.25) is 0 Å². The van der Waals surface area contributed by atoms with Gasteiger partial charge in [0.25, 0.3) is 5.91 Å². The van der Waals surface area contributed by atoms with Crippen LogP contribution in [0.4, 0.5) is 11.4 Å². The number of rotatable bonds is 5. The largest absolute Gasteiger partial charge is 0.451 e. The molecule has 0 radical (unpaired) electrons. The van der Waals surface area contributed by atoms with Crippen molar-refractivity contribution < 1.29 is 9.21 Å². The van der Waals surface area contributed by atoms with Crippen molar-refractivity contribution in [1.82, 2.24) is 10.2 Å². The van der Waals surface area contributed by atoms with Gasteiger partial charge in [-0.15, -0.1) is 0 Å². The standard InChI is InChI=1S/C24H23Cl3N4O2S/c1-2-30-9-11-31(12-10-30)20-6-4-16(14-19(20)27)28-24(34)29-23(32)22-8-7-21(33-22)17-13-15(25)3-5-18(17)26/h3-8,13-14H,2,9-12H2,1H3,(H2,28,29,32,34). The molecule has 0 bridgehead atoms. The van der Waals surface area contributed by atoms with Gasteiger partial charge in [-0.25, -0.2) is 0 Å². The van der Waals surface area contributed by atoms with E-state index in [1.165, 1.54) is 0 Å². The molecule has 2 heterocycles. The van der Waals surface area contributed by atoms with Crippen LogP contribution in [0.5, 0.6) is 0 Å². The number of furan rings is 1. The number of carbonyl (C=O) groups is 1. The van der Waals surface area contributed by atoms with Gasteiger partial charge >= 0.3 is 0 Å². The fourth-order valence-electron chi connectivity index (χ4n) is 3.76. The van der Waals surface area contributed by atoms with Crippen molar-refractivity contribution >= 4 is 69.4 Å². The van der Waals surface area contributed by atoms with E-state index < -0.39 is 5.91 Å². The van der Waals surface area contributed by atoms with Gasteiger partial charge in [0.05, 0.1) is 15.7 Å². The minimum absolute atomic E-state index is 0.0924. The molecule has 6 nitrogen and oxygen atoms in total. The van der Waals surface area contributed by atoms with Crippen molar-refractivity contribution in [2.24, 2.45) is 0 Å². The van der Waals surface area contributed by atoms with Crippen molar-refractivity contribution in [3.63, 3.8) is 0 Å². The summed E-state index contributed by atoms with van der Waals surface area (Å²) in [5, 5.41) is 7.34. The summed E-state index contributed by atoms with van der Waals surface area (Å²) in [6.07, 6.45) is 0. The van der Waals surface area contributed by atoms with Gasteiger partial charge < -0.3 is 19.5 Å². The van der Waals surface area contributed by atoms with Crippen LogP contribution in [0.3, 0.4) is 0 Å². The minimum Gasteiger partial charge on any atom is -0.451 e. The van der Waals surface area contributed by atoms with Crippen LogP contribution in [0.2, 0.25) is 15.1 Å². The van der Waals surface area contributed by atoms with Crippen LogP contribution in [0.1, 0.15) is 17.5 Å². The van der Waals surface area contributed by atoms with Crippen LogP contribution >= 0.6 is 47.0 Å². The molecule has 0 saturated carbocycles. The summed E-state index contributed by atoms with van der Waals surface area (Å²) in [6.45, 7) is 7.12. The molecule has 2 aromatic carbocycles. The van der Waals surface area contributed by atoms with E-state index in [1.54, 1.807) is 36.4 Å². The third-order valence-electron chi connectivity index (χ3n) is 5.62. The van der Waals surface area contributed by atoms with Crippen LogP contribution in [-0.4, -0.2) is 48.6 Å². The van der Waals surface area contributed by atoms with Gasteiger partial charge in [0.1, 0.15) is 5.76 Å². The van der Waals surface area contributed by atoms with Gasteiger partial charge in [0.15, 0.2) is 10.9 Å². The lowest BCUT2D eigenvalue weighted by molar-refractivity contribution is 0.0951. The molecule has 178 valence electrons. The van der Waals surface area contributed by atoms with Crippen LogP contribution < -0.4 is 15.5 Å². The Morgan fingerprint density at radius 3 is 2.47 bits per heavy atom. The first-order chi connectivity index (χ1) is 16.3. The van der Waals surface area contributed by atoms with Crippen LogP contribution in [0.25, 0.3) is 11.3 Å². The first kappa shape index (κ1) is 24.8. The van der Waals surface area contributed by atoms with Crippen LogP contribution in [0, 0.1) is 0 Å². The summed E-state index contributed by atoms with van der Waals surface area (Å²) in [7, 11) is 0. The smallest absolute Gasteiger partial charge is 0.293 e. The maximum Gasteiger partial charge on any atom is 0.293 e. The molecule has 3 aromatic rings. The van der Waals surface area contributed by atoms with Crippen molar-refractivity contribution in [1.29, 1.82) is 0 Å². The van der Waals surface area contributed by atoms with E-state index in [4.69, 9.17) is 51.4 Å². The number of piperazine rings is 1. The summed E-state index contributed by atoms with van der Waals surface area (Å²) in [4.78, 5) is 17.3. The number of carbonyl (C=O) groups excluding carboxylic acids is 1. The third-order valence-corrected chi connectivity index (χ3v) is 6.69. The second-order valence-corrected chi connectivity index (χ2v) is 9.44. The maximum absolute atomic E-state index is 12.6. The van der Waals surface area contributed by atoms with Crippen LogP contribution in [-0.2, 0) is 0 Å². The van der Waals surface area contributed by atoms with E-state index in [-0.39, 0.29) is 10.9 Å². The Morgan fingerprint density at radius 1 is 1.00 bits per heavy atom. The molecule has 10 heteroatoms. The fraction of sp³-hybridized carbons (Fsp3) is 0.250. The molecule has 1 aliphatic heterocycles. The van der Waals surface area contributed by atoms with E-state index in [1.807, 2.05) is 12.1 Å². The summed E-state index contributed by atoms with van der Waals surface area (Å²) in [5.74, 6) is 0.0341. The highest BCUT2D eigenvalue weighted by atomic mass is 35.5. The lowest BCUT2D eigenvalue weighted by Gasteiger charge is -2.36. The molecule has 2 N–H and O–H groups in total. The van der Waals surface area contributed by atoms with Gasteiger partial charge in [-0.05, 0) is 67.3 Å². The van der Waals surface area contributed by atoms with Gasteiger partial charge in [-0.2, -0.15) is 0 Å². The number of nitrogens with one attached hydrogen (secondary N) is 2. The summed E-state index contributed by atoms with van der Waals surface area (Å²) in [6, 6.07) is 13.9. The van der Waals surface area contributed by atoms with Gasteiger partial charge in [0, 0.05) is 42.5 Å². The zero-order chi connectivity index (χ0) is 24.2. The minimum atomic E-state index is -0.488. The zero-order valence-electron chi connectivity index (χ0n) is 18.4. The Kier molecular flexibility index (Phi) is 8.01. The number of hydrogen-bond donors (Lipinski definition) is 2. The summed E-state index contributed by atoms with van der Waals surface area (Å²) < 4.78 is 5.66. The monoisotopic (exact) mass is 536 g/mol. The van der Waals surface area contributed by atoms with Gasteiger partial charge in [-0.1, -0.05) is 41.7 Å². The Labute approximate surface area is 218 Å². The highest BCUT2D eigenvalue weighted by molar-refractivity contribution is 7.80. The SMILES string of the molecule is CCN1CCN(c2ccc(NC(=S)NC(=O)c3ccc(-c4cc(Cl)ccc4Cl)o3)cc2Cl)CC1. The number of hydrogen-bond acceptors (Lipinski definition) is 5. The lowest BCUT2D eigenvalue weighted by Crippen LogP contribution is -2.46. The maximum atomic E-state index is 12.6. The quantitative estimate of drug-likeness (QED) is 0.379. The molecule has 0 unspecified atom stereocenters. The van der Waals surface area contributed by atoms with Crippen molar-refractivity contribution in [3.8, 4) is 11.3 Å². The molecule has 1 fully saturated rings. The second-order valence-electron chi connectivity index (χ2n) is 7.78. The molecular weight excluding hydrogens is 515 g/mol. The van der Waals surface area contributed by atoms with Crippen molar-refractivity contribution in [2.45, 2.75) is 6.92 Å². The number of likely N-dealkylation sites (N-methyl/N-ethyl adjacent to an activating group) is 1. The molecule has 1 aliphatic rings. The predicted octanol–water partition coefficient (Wildman–Crippen LogP) is 6.18. The number of thiocarbonyl (C=S) groups is 1. The molecule has 1 saturated heterocycles. The van der Waals surface area contributed by atoms with E-state index >= 15 is 0 Å². The third kappa shape index (κ3) is 5.85. The number of anilines is 2. The van der Waals surface area contributed by atoms with Crippen molar-refractivity contribution in [2.75, 3.05) is 42.9 Å². The zero-order valence-corrected chi connectivity index (χ0v) is 21.5. The average molecular weight is 538 g/mol. The molecule has 34 heavy (non-hydrogen) atoms. The summed E-state index contributed by atoms with van der Waals surface area (Å²) >= 11 is 24.1. The topological polar surface area (TPSA) is 60.8 Å². The van der Waals surface area contributed by atoms with E-state index in [2.05, 4.69) is 27.4 Å². The molecule has 1 amide bonds. The summed E-state index contributed by atoms with van der Waals surface area (Å²) in [5.41, 5.74) is 2.26. The number of halogens is 3. The highest BCUT2D eigenvalue weighted by Gasteiger charge is 2.19. The molecule has 4 rings (SSSR count). The van der Waals surface area contributed by atoms with Gasteiger partial charge in [-0.3, -0.25) is 10.1 Å². The molecule has 0 spiro atoms. The average Bonchev–Trinajstić information content (AvgIpc) is 3.31. The molecular formula is C24H23Cl3N4O2S. The lowest BCUT2D eigenvalue weighted by atomic mass is 10.2. The second kappa shape index (κ2) is 11.0.